The number of hydrogen-bond acceptors (Lipinski definition) is 7. The van der Waals surface area contributed by atoms with Crippen molar-refractivity contribution in [2.24, 2.45) is 0 Å². The summed E-state index contributed by atoms with van der Waals surface area (Å²) in [5.41, 5.74) is 2.31. The molecule has 0 aliphatic heterocycles. The molecule has 0 aliphatic carbocycles. The number of likely N-dealkylation sites (N-methyl/N-ethyl adjacent to an activating group) is 1. The lowest BCUT2D eigenvalue weighted by Gasteiger charge is -2.14. The average molecular weight is 498 g/mol. The number of anilines is 2. The molecule has 1 heterocycles. The van der Waals surface area contributed by atoms with Crippen LogP contribution in [0.4, 0.5) is 16.2 Å². The summed E-state index contributed by atoms with van der Waals surface area (Å²) >= 11 is 0. The number of rotatable bonds is 9. The highest BCUT2D eigenvalue weighted by molar-refractivity contribution is 5.99. The van der Waals surface area contributed by atoms with Gasteiger partial charge in [0.2, 0.25) is 0 Å². The van der Waals surface area contributed by atoms with Gasteiger partial charge in [0.15, 0.2) is 0 Å². The van der Waals surface area contributed by atoms with Crippen molar-refractivity contribution in [2.75, 3.05) is 45.0 Å². The van der Waals surface area contributed by atoms with Crippen LogP contribution >= 0.6 is 0 Å². The number of nitrogens with zero attached hydrogens (tertiary/aromatic N) is 3. The maximum atomic E-state index is 12.3. The molecule has 2 N–H and O–H groups in total. The third kappa shape index (κ3) is 6.66. The highest BCUT2D eigenvalue weighted by Crippen LogP contribution is 2.33. The molecule has 188 valence electrons. The van der Waals surface area contributed by atoms with Crippen molar-refractivity contribution in [2.45, 2.75) is 0 Å². The number of benzene rings is 3. The molecule has 3 aromatic carbocycles. The molecule has 37 heavy (non-hydrogen) atoms. The van der Waals surface area contributed by atoms with E-state index in [1.807, 2.05) is 19.0 Å². The van der Waals surface area contributed by atoms with Gasteiger partial charge in [-0.25, -0.2) is 4.79 Å². The Kier molecular flexibility index (Phi) is 8.03. The summed E-state index contributed by atoms with van der Waals surface area (Å²) in [6.07, 6.45) is 1.65. The zero-order valence-electron chi connectivity index (χ0n) is 20.8. The van der Waals surface area contributed by atoms with Crippen molar-refractivity contribution in [3.05, 3.63) is 78.5 Å². The molecule has 4 aromatic rings. The van der Waals surface area contributed by atoms with E-state index in [1.165, 1.54) is 0 Å². The van der Waals surface area contributed by atoms with Gasteiger partial charge in [-0.15, -0.1) is 0 Å². The van der Waals surface area contributed by atoms with Crippen LogP contribution in [0.5, 0.6) is 23.0 Å². The number of hydrogen-bond donors (Lipinski definition) is 2. The molecular formula is C28H27N5O4. The van der Waals surface area contributed by atoms with Crippen LogP contribution in [0.2, 0.25) is 0 Å². The number of aromatic nitrogens is 1. The van der Waals surface area contributed by atoms with E-state index in [4.69, 9.17) is 14.2 Å². The number of nitriles is 1. The highest BCUT2D eigenvalue weighted by atomic mass is 16.5. The van der Waals surface area contributed by atoms with E-state index in [9.17, 15) is 10.1 Å². The van der Waals surface area contributed by atoms with E-state index >= 15 is 0 Å². The van der Waals surface area contributed by atoms with Crippen LogP contribution in [0.25, 0.3) is 10.9 Å². The van der Waals surface area contributed by atoms with Gasteiger partial charge in [0.1, 0.15) is 35.7 Å². The molecule has 2 amide bonds. The minimum Gasteiger partial charge on any atom is -0.497 e. The number of fused-ring (bicyclic) bond motifs is 1. The fourth-order valence-corrected chi connectivity index (χ4v) is 3.48. The summed E-state index contributed by atoms with van der Waals surface area (Å²) < 4.78 is 17.0. The molecule has 1 aromatic heterocycles. The molecule has 0 aliphatic rings. The number of ether oxygens (including phenoxy) is 3. The summed E-state index contributed by atoms with van der Waals surface area (Å²) in [5.74, 6) is 2.32. The summed E-state index contributed by atoms with van der Waals surface area (Å²) in [5, 5.41) is 15.9. The molecule has 0 atom stereocenters. The van der Waals surface area contributed by atoms with Crippen molar-refractivity contribution >= 4 is 28.3 Å². The molecule has 0 saturated carbocycles. The first-order valence-electron chi connectivity index (χ1n) is 11.6. The van der Waals surface area contributed by atoms with Crippen molar-refractivity contribution in [1.82, 2.24) is 9.88 Å². The minimum atomic E-state index is -0.369. The van der Waals surface area contributed by atoms with E-state index < -0.39 is 0 Å². The molecule has 9 nitrogen and oxygen atoms in total. The Bertz CT molecular complexity index is 1410. The van der Waals surface area contributed by atoms with Crippen LogP contribution in [-0.2, 0) is 0 Å². The Morgan fingerprint density at radius 2 is 1.59 bits per heavy atom. The number of carbonyl (C=O) groups excluding carboxylic acids is 1. The standard InChI is InChI=1S/C28H27N5O4/c1-33(2)14-15-36-27-17-25-24(16-19(27)18-29)26(12-13-30-25)37-23-10-6-21(7-11-23)32-28(34)31-20-4-8-22(35-3)9-5-20/h4-13,16-17H,14-15H2,1-3H3,(H2,31,32,34). The third-order valence-electron chi connectivity index (χ3n) is 5.41. The lowest BCUT2D eigenvalue weighted by molar-refractivity contribution is 0.261. The van der Waals surface area contributed by atoms with Gasteiger partial charge >= 0.3 is 6.03 Å². The minimum absolute atomic E-state index is 0.369. The maximum Gasteiger partial charge on any atom is 0.323 e. The monoisotopic (exact) mass is 497 g/mol. The molecule has 0 bridgehead atoms. The Morgan fingerprint density at radius 1 is 0.946 bits per heavy atom. The molecule has 4 rings (SSSR count). The van der Waals surface area contributed by atoms with Crippen molar-refractivity contribution in [3.8, 4) is 29.1 Å². The summed E-state index contributed by atoms with van der Waals surface area (Å²) in [6, 6.07) is 21.1. The van der Waals surface area contributed by atoms with E-state index in [1.54, 1.807) is 80.0 Å². The first kappa shape index (κ1) is 25.3. The smallest absolute Gasteiger partial charge is 0.323 e. The Morgan fingerprint density at radius 3 is 2.19 bits per heavy atom. The van der Waals surface area contributed by atoms with Gasteiger partial charge in [-0.3, -0.25) is 4.98 Å². The van der Waals surface area contributed by atoms with Crippen LogP contribution in [0.15, 0.2) is 72.9 Å². The molecule has 0 fully saturated rings. The largest absolute Gasteiger partial charge is 0.497 e. The number of nitrogens with one attached hydrogen (secondary N) is 2. The molecule has 0 saturated heterocycles. The summed E-state index contributed by atoms with van der Waals surface area (Å²) in [4.78, 5) is 18.7. The summed E-state index contributed by atoms with van der Waals surface area (Å²) in [7, 11) is 5.50. The zero-order valence-corrected chi connectivity index (χ0v) is 20.8. The first-order chi connectivity index (χ1) is 17.9. The van der Waals surface area contributed by atoms with Gasteiger partial charge in [-0.2, -0.15) is 5.26 Å². The third-order valence-corrected chi connectivity index (χ3v) is 5.41. The van der Waals surface area contributed by atoms with E-state index in [0.717, 1.165) is 6.54 Å². The zero-order chi connectivity index (χ0) is 26.2. The fraction of sp³-hybridized carbons (Fsp3) is 0.179. The molecular weight excluding hydrogens is 470 g/mol. The van der Waals surface area contributed by atoms with Crippen molar-refractivity contribution < 1.29 is 19.0 Å². The predicted octanol–water partition coefficient (Wildman–Crippen LogP) is 5.49. The van der Waals surface area contributed by atoms with Gasteiger partial charge in [-0.1, -0.05) is 0 Å². The van der Waals surface area contributed by atoms with Gasteiger partial charge in [0, 0.05) is 35.6 Å². The normalized spacial score (nSPS) is 10.6. The van der Waals surface area contributed by atoms with Gasteiger partial charge < -0.3 is 29.7 Å². The Balaban J connectivity index is 1.44. The molecule has 0 radical (unpaired) electrons. The van der Waals surface area contributed by atoms with Gasteiger partial charge in [0.25, 0.3) is 0 Å². The van der Waals surface area contributed by atoms with Gasteiger partial charge in [-0.05, 0) is 74.8 Å². The first-order valence-corrected chi connectivity index (χ1v) is 11.6. The number of amides is 2. The molecule has 0 unspecified atom stereocenters. The lowest BCUT2D eigenvalue weighted by atomic mass is 10.1. The molecule has 9 heteroatoms. The molecule has 0 spiro atoms. The van der Waals surface area contributed by atoms with Crippen molar-refractivity contribution in [3.63, 3.8) is 0 Å². The van der Waals surface area contributed by atoms with Crippen LogP contribution in [0.1, 0.15) is 5.56 Å². The number of methoxy groups -OCH3 is 1. The number of carbonyl (C=O) groups is 1. The summed E-state index contributed by atoms with van der Waals surface area (Å²) in [6.45, 7) is 1.19. The quantitative estimate of drug-likeness (QED) is 0.315. The fourth-order valence-electron chi connectivity index (χ4n) is 3.48. The lowest BCUT2D eigenvalue weighted by Crippen LogP contribution is -2.19. The second-order valence-electron chi connectivity index (χ2n) is 8.37. The average Bonchev–Trinajstić information content (AvgIpc) is 2.90. The van der Waals surface area contributed by atoms with Gasteiger partial charge in [0.05, 0.1) is 18.2 Å². The van der Waals surface area contributed by atoms with E-state index in [2.05, 4.69) is 21.7 Å². The maximum absolute atomic E-state index is 12.3. The van der Waals surface area contributed by atoms with Crippen LogP contribution in [-0.4, -0.2) is 50.3 Å². The predicted molar refractivity (Wildman–Crippen MR) is 143 cm³/mol. The van der Waals surface area contributed by atoms with E-state index in [-0.39, 0.29) is 6.03 Å². The number of urea groups is 1. The van der Waals surface area contributed by atoms with Crippen LogP contribution in [0.3, 0.4) is 0 Å². The topological polar surface area (TPSA) is 109 Å². The second-order valence-corrected chi connectivity index (χ2v) is 8.37. The second kappa shape index (κ2) is 11.7. The van der Waals surface area contributed by atoms with Crippen LogP contribution in [0, 0.1) is 11.3 Å². The SMILES string of the molecule is COc1ccc(NC(=O)Nc2ccc(Oc3ccnc4cc(OCCN(C)C)c(C#N)cc34)cc2)cc1. The van der Waals surface area contributed by atoms with E-state index in [0.29, 0.717) is 57.4 Å². The van der Waals surface area contributed by atoms with Crippen LogP contribution < -0.4 is 24.8 Å². The van der Waals surface area contributed by atoms with Crippen molar-refractivity contribution in [1.29, 1.82) is 5.26 Å². The highest BCUT2D eigenvalue weighted by Gasteiger charge is 2.12. The Labute approximate surface area is 215 Å². The number of pyridine rings is 1. The Hall–Kier alpha value is -4.81.